The SMILES string of the molecule is CN(C)C/C=C/C(=O)Nc1ccc(C(=O)Nc2cccc(Nc3cc(-c4ccc5nn(C)cc5c4)ncn3)c2)cc1. The number of nitrogens with zero attached hydrogens (tertiary/aromatic N) is 5. The van der Waals surface area contributed by atoms with Crippen molar-refractivity contribution in [3.05, 3.63) is 103 Å². The molecule has 0 aliphatic heterocycles. The highest BCUT2D eigenvalue weighted by Crippen LogP contribution is 2.25. The fraction of sp³-hybridized carbons (Fsp3) is 0.129. The number of carbonyl (C=O) groups excluding carboxylic acids is 2. The second kappa shape index (κ2) is 12.2. The van der Waals surface area contributed by atoms with Crippen LogP contribution in [0.25, 0.3) is 22.2 Å². The Morgan fingerprint density at radius 2 is 1.71 bits per heavy atom. The van der Waals surface area contributed by atoms with Crippen LogP contribution in [0.4, 0.5) is 22.9 Å². The van der Waals surface area contributed by atoms with Crippen LogP contribution in [-0.4, -0.2) is 57.1 Å². The first-order chi connectivity index (χ1) is 19.8. The Morgan fingerprint density at radius 3 is 2.51 bits per heavy atom. The molecule has 2 amide bonds. The van der Waals surface area contributed by atoms with E-state index < -0.39 is 0 Å². The molecular formula is C31H30N8O2. The monoisotopic (exact) mass is 546 g/mol. The van der Waals surface area contributed by atoms with Crippen LogP contribution in [0.1, 0.15) is 10.4 Å². The number of amides is 2. The van der Waals surface area contributed by atoms with Gasteiger partial charge >= 0.3 is 0 Å². The van der Waals surface area contributed by atoms with Crippen LogP contribution in [0.3, 0.4) is 0 Å². The van der Waals surface area contributed by atoms with Gasteiger partial charge < -0.3 is 20.9 Å². The zero-order chi connectivity index (χ0) is 28.8. The molecule has 3 N–H and O–H groups in total. The zero-order valence-corrected chi connectivity index (χ0v) is 23.0. The lowest BCUT2D eigenvalue weighted by Crippen LogP contribution is -2.13. The molecule has 0 atom stereocenters. The number of hydrogen-bond donors (Lipinski definition) is 3. The lowest BCUT2D eigenvalue weighted by molar-refractivity contribution is -0.111. The van der Waals surface area contributed by atoms with Crippen LogP contribution >= 0.6 is 0 Å². The quantitative estimate of drug-likeness (QED) is 0.221. The Hall–Kier alpha value is -5.35. The van der Waals surface area contributed by atoms with Crippen molar-refractivity contribution in [1.29, 1.82) is 0 Å². The summed E-state index contributed by atoms with van der Waals surface area (Å²) in [6.07, 6.45) is 6.76. The molecule has 41 heavy (non-hydrogen) atoms. The minimum absolute atomic E-state index is 0.223. The maximum Gasteiger partial charge on any atom is 0.255 e. The molecule has 10 heteroatoms. The van der Waals surface area contributed by atoms with E-state index >= 15 is 0 Å². The number of aromatic nitrogens is 4. The van der Waals surface area contributed by atoms with Gasteiger partial charge in [-0.3, -0.25) is 14.3 Å². The normalized spacial score (nSPS) is 11.2. The van der Waals surface area contributed by atoms with E-state index in [1.807, 2.05) is 74.7 Å². The number of hydrogen-bond acceptors (Lipinski definition) is 7. The maximum absolute atomic E-state index is 12.9. The van der Waals surface area contributed by atoms with Crippen LogP contribution in [0.2, 0.25) is 0 Å². The van der Waals surface area contributed by atoms with Gasteiger partial charge in [-0.25, -0.2) is 9.97 Å². The summed E-state index contributed by atoms with van der Waals surface area (Å²) in [5.41, 5.74) is 5.13. The lowest BCUT2D eigenvalue weighted by atomic mass is 10.1. The second-order valence-electron chi connectivity index (χ2n) is 9.76. The molecule has 2 aromatic heterocycles. The third-order valence-electron chi connectivity index (χ3n) is 6.13. The number of anilines is 4. The number of nitrogens with one attached hydrogen (secondary N) is 3. The number of benzene rings is 3. The topological polar surface area (TPSA) is 117 Å². The first-order valence-corrected chi connectivity index (χ1v) is 13.0. The first kappa shape index (κ1) is 27.2. The molecule has 0 saturated heterocycles. The number of fused-ring (bicyclic) bond motifs is 1. The van der Waals surface area contributed by atoms with E-state index in [0.717, 1.165) is 27.8 Å². The van der Waals surface area contributed by atoms with Crippen LogP contribution in [0.15, 0.2) is 97.5 Å². The van der Waals surface area contributed by atoms with Gasteiger partial charge in [-0.15, -0.1) is 0 Å². The lowest BCUT2D eigenvalue weighted by Gasteiger charge is -2.10. The van der Waals surface area contributed by atoms with Gasteiger partial charge in [-0.2, -0.15) is 5.10 Å². The highest BCUT2D eigenvalue weighted by Gasteiger charge is 2.09. The Morgan fingerprint density at radius 1 is 0.902 bits per heavy atom. The molecular weight excluding hydrogens is 516 g/mol. The molecule has 0 unspecified atom stereocenters. The van der Waals surface area contributed by atoms with Gasteiger partial charge in [0, 0.05) is 65.5 Å². The predicted octanol–water partition coefficient (Wildman–Crippen LogP) is 5.08. The van der Waals surface area contributed by atoms with Gasteiger partial charge in [-0.05, 0) is 68.7 Å². The van der Waals surface area contributed by atoms with E-state index in [4.69, 9.17) is 0 Å². The summed E-state index contributed by atoms with van der Waals surface area (Å²) in [4.78, 5) is 35.6. The summed E-state index contributed by atoms with van der Waals surface area (Å²) in [7, 11) is 5.75. The summed E-state index contributed by atoms with van der Waals surface area (Å²) in [6.45, 7) is 0.673. The highest BCUT2D eigenvalue weighted by atomic mass is 16.2. The van der Waals surface area contributed by atoms with E-state index in [9.17, 15) is 9.59 Å². The number of rotatable bonds is 9. The van der Waals surface area contributed by atoms with Crippen LogP contribution in [0, 0.1) is 0 Å². The molecule has 5 rings (SSSR count). The summed E-state index contributed by atoms with van der Waals surface area (Å²) >= 11 is 0. The van der Waals surface area contributed by atoms with Gasteiger partial charge in [0.05, 0.1) is 11.2 Å². The number of aryl methyl sites for hydroxylation is 1. The van der Waals surface area contributed by atoms with Crippen molar-refractivity contribution >= 4 is 45.6 Å². The average molecular weight is 547 g/mol. The van der Waals surface area contributed by atoms with E-state index in [2.05, 4.69) is 37.1 Å². The van der Waals surface area contributed by atoms with Crippen molar-refractivity contribution in [1.82, 2.24) is 24.6 Å². The van der Waals surface area contributed by atoms with Crippen LogP contribution in [-0.2, 0) is 11.8 Å². The van der Waals surface area contributed by atoms with E-state index in [1.165, 1.54) is 12.4 Å². The summed E-state index contributed by atoms with van der Waals surface area (Å²) in [5.74, 6) is 0.138. The predicted molar refractivity (Wildman–Crippen MR) is 162 cm³/mol. The highest BCUT2D eigenvalue weighted by molar-refractivity contribution is 6.05. The second-order valence-corrected chi connectivity index (χ2v) is 9.76. The molecule has 3 aromatic carbocycles. The summed E-state index contributed by atoms with van der Waals surface area (Å²) in [6, 6.07) is 22.0. The van der Waals surface area contributed by atoms with E-state index in [1.54, 1.807) is 35.0 Å². The largest absolute Gasteiger partial charge is 0.340 e. The molecule has 5 aromatic rings. The van der Waals surface area contributed by atoms with E-state index in [-0.39, 0.29) is 11.8 Å². The third kappa shape index (κ3) is 7.20. The standard InChI is InChI=1S/C31H30N8O2/c1-38(2)15-5-8-30(40)35-24-12-9-21(10-13-24)31(41)36-26-7-4-6-25(17-26)34-29-18-28(32-20-33-29)22-11-14-27-23(16-22)19-39(3)37-27/h4-14,16-20H,15H2,1-3H3,(H,35,40)(H,36,41)(H,32,33,34)/b8-5+. The van der Waals surface area contributed by atoms with Crippen molar-refractivity contribution in [3.8, 4) is 11.3 Å². The number of likely N-dealkylation sites (N-methyl/N-ethyl adjacent to an activating group) is 1. The first-order valence-electron chi connectivity index (χ1n) is 13.0. The molecule has 0 aliphatic rings. The smallest absolute Gasteiger partial charge is 0.255 e. The Bertz CT molecular complexity index is 1720. The average Bonchev–Trinajstić information content (AvgIpc) is 3.33. The maximum atomic E-state index is 12.9. The summed E-state index contributed by atoms with van der Waals surface area (Å²) in [5, 5.41) is 14.4. The van der Waals surface area contributed by atoms with Crippen molar-refractivity contribution in [2.75, 3.05) is 36.6 Å². The van der Waals surface area contributed by atoms with Gasteiger partial charge in [0.15, 0.2) is 0 Å². The van der Waals surface area contributed by atoms with E-state index in [0.29, 0.717) is 29.3 Å². The minimum atomic E-state index is -0.263. The molecule has 0 fully saturated rings. The van der Waals surface area contributed by atoms with Crippen molar-refractivity contribution < 1.29 is 9.59 Å². The molecule has 0 spiro atoms. The third-order valence-corrected chi connectivity index (χ3v) is 6.13. The van der Waals surface area contributed by atoms with Gasteiger partial charge in [-0.1, -0.05) is 18.2 Å². The summed E-state index contributed by atoms with van der Waals surface area (Å²) < 4.78 is 1.79. The minimum Gasteiger partial charge on any atom is -0.340 e. The van der Waals surface area contributed by atoms with Crippen LogP contribution < -0.4 is 16.0 Å². The fourth-order valence-electron chi connectivity index (χ4n) is 4.18. The molecule has 0 saturated carbocycles. The van der Waals surface area contributed by atoms with Gasteiger partial charge in [0.25, 0.3) is 5.91 Å². The van der Waals surface area contributed by atoms with Crippen molar-refractivity contribution in [3.63, 3.8) is 0 Å². The molecule has 2 heterocycles. The van der Waals surface area contributed by atoms with Crippen molar-refractivity contribution in [2.24, 2.45) is 7.05 Å². The molecule has 0 bridgehead atoms. The van der Waals surface area contributed by atoms with Crippen molar-refractivity contribution in [2.45, 2.75) is 0 Å². The zero-order valence-electron chi connectivity index (χ0n) is 23.0. The van der Waals surface area contributed by atoms with Gasteiger partial charge in [0.1, 0.15) is 12.1 Å². The van der Waals surface area contributed by atoms with Crippen LogP contribution in [0.5, 0.6) is 0 Å². The molecule has 0 radical (unpaired) electrons. The molecule has 206 valence electrons. The number of carbonyl (C=O) groups is 2. The Kier molecular flexibility index (Phi) is 8.12. The Labute approximate surface area is 237 Å². The molecule has 10 nitrogen and oxygen atoms in total. The van der Waals surface area contributed by atoms with Gasteiger partial charge in [0.2, 0.25) is 5.91 Å². The molecule has 0 aliphatic carbocycles. The fourth-order valence-corrected chi connectivity index (χ4v) is 4.18. The Balaban J connectivity index is 1.22.